The van der Waals surface area contributed by atoms with E-state index >= 15 is 0 Å². The standard InChI is InChI=1S/C24H32O8/c1-6-13(2)21(28)32-20-16(31-19(27)10-9-18(25)26)11-24(5)15-12-30-22(29)14(15)7-8-17(24)23(20,3)4/h6-7,15-17,20H,8-12H2,1-5H3,(H,25,26)/b13-6-/t15?,16-,17?,20+,24-/m1/s1. The molecule has 1 saturated carbocycles. The number of carbonyl (C=O) groups excluding carboxylic acids is 3. The molecule has 0 amide bonds. The van der Waals surface area contributed by atoms with Gasteiger partial charge in [0.1, 0.15) is 12.2 Å². The minimum Gasteiger partial charge on any atom is -0.481 e. The molecule has 1 aliphatic heterocycles. The number of cyclic esters (lactones) is 1. The SMILES string of the molecule is C/C=C(/C)C(=O)O[C@H]1[C@H](OC(=O)CCC(=O)O)C[C@]2(C)C3COC(=O)C3=CCC2C1(C)C. The maximum atomic E-state index is 12.7. The van der Waals surface area contributed by atoms with Crippen molar-refractivity contribution in [3.8, 4) is 0 Å². The van der Waals surface area contributed by atoms with Gasteiger partial charge >= 0.3 is 23.9 Å². The zero-order chi connectivity index (χ0) is 23.8. The minimum absolute atomic E-state index is 0.0518. The summed E-state index contributed by atoms with van der Waals surface area (Å²) >= 11 is 0. The van der Waals surface area contributed by atoms with Gasteiger partial charge in [-0.05, 0) is 38.0 Å². The van der Waals surface area contributed by atoms with Gasteiger partial charge in [-0.1, -0.05) is 32.9 Å². The van der Waals surface area contributed by atoms with Crippen molar-refractivity contribution in [2.75, 3.05) is 6.61 Å². The molecule has 1 saturated heterocycles. The second-order valence-corrected chi connectivity index (χ2v) is 9.85. The van der Waals surface area contributed by atoms with Gasteiger partial charge in [0.2, 0.25) is 0 Å². The number of carboxylic acids is 1. The molecule has 8 nitrogen and oxygen atoms in total. The number of ether oxygens (including phenoxy) is 3. The van der Waals surface area contributed by atoms with Crippen molar-refractivity contribution in [3.63, 3.8) is 0 Å². The maximum Gasteiger partial charge on any atom is 0.334 e. The van der Waals surface area contributed by atoms with E-state index in [1.807, 2.05) is 19.9 Å². The quantitative estimate of drug-likeness (QED) is 0.374. The summed E-state index contributed by atoms with van der Waals surface area (Å²) in [5.74, 6) is -2.61. The first-order chi connectivity index (χ1) is 14.9. The van der Waals surface area contributed by atoms with E-state index in [4.69, 9.17) is 19.3 Å². The summed E-state index contributed by atoms with van der Waals surface area (Å²) in [6, 6.07) is 0. The first-order valence-electron chi connectivity index (χ1n) is 11.0. The van der Waals surface area contributed by atoms with Crippen LogP contribution in [0.2, 0.25) is 0 Å². The number of esters is 3. The fourth-order valence-electron chi connectivity index (χ4n) is 5.75. The molecule has 3 aliphatic rings. The lowest BCUT2D eigenvalue weighted by molar-refractivity contribution is -0.211. The molecule has 0 aromatic heterocycles. The molecule has 2 aliphatic carbocycles. The normalized spacial score (nSPS) is 33.3. The van der Waals surface area contributed by atoms with Crippen molar-refractivity contribution in [1.82, 2.24) is 0 Å². The predicted molar refractivity (Wildman–Crippen MR) is 113 cm³/mol. The third kappa shape index (κ3) is 4.19. The molecule has 0 aromatic rings. The molecule has 1 N–H and O–H groups in total. The van der Waals surface area contributed by atoms with Gasteiger partial charge in [0.15, 0.2) is 0 Å². The van der Waals surface area contributed by atoms with Gasteiger partial charge < -0.3 is 19.3 Å². The molecule has 32 heavy (non-hydrogen) atoms. The third-order valence-electron chi connectivity index (χ3n) is 7.58. The Kier molecular flexibility index (Phi) is 6.54. The van der Waals surface area contributed by atoms with Crippen molar-refractivity contribution < 1.29 is 38.5 Å². The number of fused-ring (bicyclic) bond motifs is 3. The lowest BCUT2D eigenvalue weighted by Crippen LogP contribution is -2.61. The van der Waals surface area contributed by atoms with Gasteiger partial charge in [-0.3, -0.25) is 9.59 Å². The van der Waals surface area contributed by atoms with Crippen LogP contribution in [0.25, 0.3) is 0 Å². The Bertz CT molecular complexity index is 882. The monoisotopic (exact) mass is 448 g/mol. The van der Waals surface area contributed by atoms with Crippen LogP contribution in [0.15, 0.2) is 23.3 Å². The molecule has 0 radical (unpaired) electrons. The predicted octanol–water partition coefficient (Wildman–Crippen LogP) is 3.20. The summed E-state index contributed by atoms with van der Waals surface area (Å²) in [4.78, 5) is 48.2. The summed E-state index contributed by atoms with van der Waals surface area (Å²) in [6.45, 7) is 9.74. The van der Waals surface area contributed by atoms with Gasteiger partial charge in [-0.25, -0.2) is 9.59 Å². The fourth-order valence-corrected chi connectivity index (χ4v) is 5.75. The Hall–Kier alpha value is -2.64. The van der Waals surface area contributed by atoms with Crippen LogP contribution >= 0.6 is 0 Å². The van der Waals surface area contributed by atoms with E-state index in [1.54, 1.807) is 19.9 Å². The summed E-state index contributed by atoms with van der Waals surface area (Å²) in [6.07, 6.45) is 2.51. The van der Waals surface area contributed by atoms with Crippen molar-refractivity contribution >= 4 is 23.9 Å². The number of rotatable bonds is 6. The van der Waals surface area contributed by atoms with E-state index in [0.717, 1.165) is 0 Å². The van der Waals surface area contributed by atoms with Crippen LogP contribution in [0.5, 0.6) is 0 Å². The van der Waals surface area contributed by atoms with Gasteiger partial charge in [0.05, 0.1) is 19.4 Å². The van der Waals surface area contributed by atoms with Gasteiger partial charge in [-0.15, -0.1) is 0 Å². The van der Waals surface area contributed by atoms with Crippen LogP contribution in [-0.2, 0) is 33.4 Å². The molecule has 8 heteroatoms. The van der Waals surface area contributed by atoms with Gasteiger partial charge in [-0.2, -0.15) is 0 Å². The smallest absolute Gasteiger partial charge is 0.334 e. The second kappa shape index (κ2) is 8.71. The zero-order valence-corrected chi connectivity index (χ0v) is 19.3. The average molecular weight is 449 g/mol. The minimum atomic E-state index is -1.09. The molecule has 1 heterocycles. The number of aliphatic carboxylic acids is 1. The summed E-state index contributed by atoms with van der Waals surface area (Å²) in [5.41, 5.74) is 0.111. The van der Waals surface area contributed by atoms with Crippen molar-refractivity contribution in [3.05, 3.63) is 23.3 Å². The lowest BCUT2D eigenvalue weighted by Gasteiger charge is -2.59. The van der Waals surface area contributed by atoms with Crippen LogP contribution in [-0.4, -0.2) is 47.8 Å². The average Bonchev–Trinajstić information content (AvgIpc) is 3.10. The summed E-state index contributed by atoms with van der Waals surface area (Å²) in [5, 5.41) is 8.90. The molecule has 2 fully saturated rings. The molecule has 2 unspecified atom stereocenters. The third-order valence-corrected chi connectivity index (χ3v) is 7.58. The summed E-state index contributed by atoms with van der Waals surface area (Å²) < 4.78 is 17.0. The molecule has 3 rings (SSSR count). The Morgan fingerprint density at radius 1 is 1.22 bits per heavy atom. The molecule has 0 spiro atoms. The van der Waals surface area contributed by atoms with Crippen LogP contribution < -0.4 is 0 Å². The number of allylic oxidation sites excluding steroid dienone is 2. The maximum absolute atomic E-state index is 12.7. The topological polar surface area (TPSA) is 116 Å². The number of hydrogen-bond acceptors (Lipinski definition) is 7. The van der Waals surface area contributed by atoms with E-state index in [1.165, 1.54) is 0 Å². The van der Waals surface area contributed by atoms with Crippen molar-refractivity contribution in [2.24, 2.45) is 22.7 Å². The Morgan fingerprint density at radius 3 is 2.53 bits per heavy atom. The second-order valence-electron chi connectivity index (χ2n) is 9.85. The van der Waals surface area contributed by atoms with E-state index in [9.17, 15) is 19.2 Å². The Balaban J connectivity index is 1.96. The zero-order valence-electron chi connectivity index (χ0n) is 19.3. The highest BCUT2D eigenvalue weighted by Crippen LogP contribution is 2.62. The fraction of sp³-hybridized carbons (Fsp3) is 0.667. The van der Waals surface area contributed by atoms with Crippen LogP contribution in [0.4, 0.5) is 0 Å². The highest BCUT2D eigenvalue weighted by molar-refractivity contribution is 5.91. The van der Waals surface area contributed by atoms with Gasteiger partial charge in [0.25, 0.3) is 0 Å². The summed E-state index contributed by atoms with van der Waals surface area (Å²) in [7, 11) is 0. The molecule has 5 atom stereocenters. The van der Waals surface area contributed by atoms with Crippen LogP contribution in [0.1, 0.15) is 60.3 Å². The number of hydrogen-bond donors (Lipinski definition) is 1. The van der Waals surface area contributed by atoms with Gasteiger partial charge in [0, 0.05) is 22.5 Å². The first-order valence-corrected chi connectivity index (χ1v) is 11.0. The molecule has 176 valence electrons. The first kappa shape index (κ1) is 24.0. The largest absolute Gasteiger partial charge is 0.481 e. The molecule has 0 bridgehead atoms. The van der Waals surface area contributed by atoms with Crippen molar-refractivity contribution in [2.45, 2.75) is 72.5 Å². The highest BCUT2D eigenvalue weighted by Gasteiger charge is 2.63. The van der Waals surface area contributed by atoms with Crippen molar-refractivity contribution in [1.29, 1.82) is 0 Å². The molecular formula is C24H32O8. The lowest BCUT2D eigenvalue weighted by atomic mass is 9.47. The number of carboxylic acid groups (broad SMARTS) is 1. The van der Waals surface area contributed by atoms with E-state index in [0.29, 0.717) is 24.0 Å². The number of carbonyl (C=O) groups is 4. The molecule has 0 aromatic carbocycles. The Labute approximate surface area is 188 Å². The van der Waals surface area contributed by atoms with E-state index < -0.39 is 40.9 Å². The van der Waals surface area contributed by atoms with E-state index in [-0.39, 0.29) is 37.3 Å². The van der Waals surface area contributed by atoms with Crippen LogP contribution in [0.3, 0.4) is 0 Å². The van der Waals surface area contributed by atoms with E-state index in [2.05, 4.69) is 6.92 Å². The Morgan fingerprint density at radius 2 is 1.91 bits per heavy atom. The molecular weight excluding hydrogens is 416 g/mol. The highest BCUT2D eigenvalue weighted by atomic mass is 16.6. The van der Waals surface area contributed by atoms with Crippen LogP contribution in [0, 0.1) is 22.7 Å².